The van der Waals surface area contributed by atoms with Crippen molar-refractivity contribution in [2.24, 2.45) is 11.8 Å². The number of hydrogen-bond donors (Lipinski definition) is 2. The smallest absolute Gasteiger partial charge is 0.272 e. The van der Waals surface area contributed by atoms with E-state index in [4.69, 9.17) is 34.8 Å². The second kappa shape index (κ2) is 8.96. The van der Waals surface area contributed by atoms with E-state index in [9.17, 15) is 9.59 Å². The van der Waals surface area contributed by atoms with Crippen LogP contribution in [0.5, 0.6) is 0 Å². The molecule has 1 saturated carbocycles. The Labute approximate surface area is 168 Å². The van der Waals surface area contributed by atoms with Crippen molar-refractivity contribution in [3.63, 3.8) is 0 Å². The van der Waals surface area contributed by atoms with Crippen molar-refractivity contribution >= 4 is 49.0 Å². The van der Waals surface area contributed by atoms with Crippen LogP contribution in [-0.4, -0.2) is 28.9 Å². The molecular weight excluding hydrogens is 397 g/mol. The third-order valence-corrected chi connectivity index (χ3v) is 9.69. The molecule has 1 aliphatic carbocycles. The van der Waals surface area contributed by atoms with Crippen molar-refractivity contribution < 1.29 is 9.59 Å². The lowest BCUT2D eigenvalue weighted by molar-refractivity contribution is -0.120. The first kappa shape index (κ1) is 23.3. The first-order valence-electron chi connectivity index (χ1n) is 9.02. The van der Waals surface area contributed by atoms with Crippen molar-refractivity contribution in [3.8, 4) is 0 Å². The lowest BCUT2D eigenvalue weighted by Crippen LogP contribution is -2.41. The summed E-state index contributed by atoms with van der Waals surface area (Å²) in [5.41, 5.74) is 0. The molecule has 0 aliphatic heterocycles. The Bertz CT molecular complexity index is 484. The summed E-state index contributed by atoms with van der Waals surface area (Å²) in [6, 6.07) is -0.192. The minimum atomic E-state index is -2.21. The summed E-state index contributed by atoms with van der Waals surface area (Å²) < 4.78 is -1.93. The summed E-state index contributed by atoms with van der Waals surface area (Å²) >= 11 is 16.8. The Morgan fingerprint density at radius 1 is 1.28 bits per heavy atom. The predicted molar refractivity (Wildman–Crippen MR) is 111 cm³/mol. The Morgan fingerprint density at radius 3 is 2.36 bits per heavy atom. The van der Waals surface area contributed by atoms with Gasteiger partial charge in [-0.15, -0.1) is 0 Å². The van der Waals surface area contributed by atoms with E-state index in [1.54, 1.807) is 0 Å². The van der Waals surface area contributed by atoms with E-state index in [-0.39, 0.29) is 11.1 Å². The highest BCUT2D eigenvalue weighted by molar-refractivity contribution is 6.76. The van der Waals surface area contributed by atoms with Gasteiger partial charge in [0, 0.05) is 6.04 Å². The third kappa shape index (κ3) is 7.41. The quantitative estimate of drug-likeness (QED) is 0.329. The van der Waals surface area contributed by atoms with Crippen LogP contribution < -0.4 is 5.32 Å². The number of carbonyl (C=O) groups excluding carboxylic acids is 1. The molecule has 1 rings (SSSR count). The van der Waals surface area contributed by atoms with E-state index in [0.717, 1.165) is 12.8 Å². The molecule has 0 aromatic heterocycles. The average molecular weight is 429 g/mol. The SMILES string of the molecule is C[C@@H](/C=C/[C@@H]1CCCC[C@@H]1CC(C)(C)[Si](C)(C)O)NC(=O)C(Cl)(Cl)Cl. The van der Waals surface area contributed by atoms with Crippen LogP contribution >= 0.6 is 34.8 Å². The van der Waals surface area contributed by atoms with Crippen LogP contribution in [0.4, 0.5) is 0 Å². The topological polar surface area (TPSA) is 49.3 Å². The van der Waals surface area contributed by atoms with Crippen LogP contribution in [0.2, 0.25) is 18.1 Å². The van der Waals surface area contributed by atoms with Crippen LogP contribution in [0.1, 0.15) is 52.9 Å². The normalized spacial score (nSPS) is 24.4. The van der Waals surface area contributed by atoms with E-state index < -0.39 is 18.0 Å². The fourth-order valence-corrected chi connectivity index (χ4v) is 4.22. The van der Waals surface area contributed by atoms with Crippen molar-refractivity contribution in [2.45, 2.75) is 80.8 Å². The number of hydrogen-bond acceptors (Lipinski definition) is 2. The van der Waals surface area contributed by atoms with Crippen LogP contribution in [0.15, 0.2) is 12.2 Å². The van der Waals surface area contributed by atoms with E-state index >= 15 is 0 Å². The van der Waals surface area contributed by atoms with Crippen LogP contribution in [0.25, 0.3) is 0 Å². The number of rotatable bonds is 6. The molecule has 7 heteroatoms. The standard InChI is InChI=1S/C18H32Cl3NO2Si/c1-13(22-16(23)18(19,20)21)10-11-14-8-6-7-9-15(14)12-17(2,3)25(4,5)24/h10-11,13-15,24H,6-9,12H2,1-5H3,(H,22,23)/b11-10+/t13-,14-,15+/m0/s1. The van der Waals surface area contributed by atoms with E-state index in [1.807, 2.05) is 26.1 Å². The highest BCUT2D eigenvalue weighted by atomic mass is 35.6. The second-order valence-electron chi connectivity index (χ2n) is 8.50. The summed E-state index contributed by atoms with van der Waals surface area (Å²) in [5, 5.41) is 2.67. The first-order valence-corrected chi connectivity index (χ1v) is 13.1. The zero-order valence-corrected chi connectivity index (χ0v) is 19.2. The van der Waals surface area contributed by atoms with Gasteiger partial charge in [0.25, 0.3) is 9.70 Å². The Morgan fingerprint density at radius 2 is 1.84 bits per heavy atom. The fraction of sp³-hybridized carbons (Fsp3) is 0.833. The van der Waals surface area contributed by atoms with E-state index in [0.29, 0.717) is 11.8 Å². The van der Waals surface area contributed by atoms with Gasteiger partial charge < -0.3 is 10.1 Å². The molecule has 0 bridgehead atoms. The number of carbonyl (C=O) groups is 1. The number of nitrogens with one attached hydrogen (secondary N) is 1. The number of halogens is 3. The summed E-state index contributed by atoms with van der Waals surface area (Å²) in [4.78, 5) is 22.3. The van der Waals surface area contributed by atoms with Gasteiger partial charge in [0.15, 0.2) is 8.32 Å². The molecule has 146 valence electrons. The fourth-order valence-electron chi connectivity index (χ4n) is 3.29. The van der Waals surface area contributed by atoms with Crippen LogP contribution in [-0.2, 0) is 4.79 Å². The minimum absolute atomic E-state index is 0.0175. The van der Waals surface area contributed by atoms with Gasteiger partial charge in [-0.25, -0.2) is 0 Å². The lowest BCUT2D eigenvalue weighted by atomic mass is 9.75. The Hall–Kier alpha value is 0.257. The predicted octanol–water partition coefficient (Wildman–Crippen LogP) is 5.59. The van der Waals surface area contributed by atoms with Gasteiger partial charge in [-0.1, -0.05) is 73.6 Å². The molecule has 1 fully saturated rings. The van der Waals surface area contributed by atoms with Gasteiger partial charge in [0.05, 0.1) is 0 Å². The molecule has 0 spiro atoms. The van der Waals surface area contributed by atoms with Gasteiger partial charge in [-0.05, 0) is 56.2 Å². The molecule has 2 N–H and O–H groups in total. The minimum Gasteiger partial charge on any atom is -0.432 e. The molecule has 3 atom stereocenters. The van der Waals surface area contributed by atoms with Crippen molar-refractivity contribution in [1.29, 1.82) is 0 Å². The zero-order chi connectivity index (χ0) is 19.5. The Balaban J connectivity index is 2.72. The zero-order valence-electron chi connectivity index (χ0n) is 15.9. The highest BCUT2D eigenvalue weighted by Gasteiger charge is 2.41. The average Bonchev–Trinajstić information content (AvgIpc) is 2.43. The van der Waals surface area contributed by atoms with Gasteiger partial charge in [-0.2, -0.15) is 0 Å². The van der Waals surface area contributed by atoms with Gasteiger partial charge >= 0.3 is 0 Å². The molecule has 0 unspecified atom stereocenters. The molecule has 0 radical (unpaired) electrons. The second-order valence-corrected chi connectivity index (χ2v) is 15.3. The van der Waals surface area contributed by atoms with Crippen molar-refractivity contribution in [2.75, 3.05) is 0 Å². The van der Waals surface area contributed by atoms with E-state index in [1.165, 1.54) is 19.3 Å². The maximum atomic E-state index is 11.7. The number of amides is 1. The number of allylic oxidation sites excluding steroid dienone is 1. The van der Waals surface area contributed by atoms with Gasteiger partial charge in [0.2, 0.25) is 0 Å². The Kier molecular flexibility index (Phi) is 8.35. The molecule has 1 amide bonds. The molecule has 0 aromatic rings. The van der Waals surface area contributed by atoms with Crippen LogP contribution in [0.3, 0.4) is 0 Å². The molecule has 1 aliphatic rings. The van der Waals surface area contributed by atoms with Crippen molar-refractivity contribution in [3.05, 3.63) is 12.2 Å². The van der Waals surface area contributed by atoms with Gasteiger partial charge in [0.1, 0.15) is 0 Å². The first-order chi connectivity index (χ1) is 11.2. The largest absolute Gasteiger partial charge is 0.432 e. The molecule has 0 heterocycles. The summed E-state index contributed by atoms with van der Waals surface area (Å²) in [6.45, 7) is 10.3. The maximum absolute atomic E-state index is 11.7. The molecule has 0 aromatic carbocycles. The lowest BCUT2D eigenvalue weighted by Gasteiger charge is -2.41. The molecule has 0 saturated heterocycles. The highest BCUT2D eigenvalue weighted by Crippen LogP contribution is 2.46. The molecular formula is C18H32Cl3NO2Si. The summed E-state index contributed by atoms with van der Waals surface area (Å²) in [5.74, 6) is 0.426. The van der Waals surface area contributed by atoms with Crippen molar-refractivity contribution in [1.82, 2.24) is 5.32 Å². The maximum Gasteiger partial charge on any atom is 0.272 e. The van der Waals surface area contributed by atoms with E-state index in [2.05, 4.69) is 25.2 Å². The summed E-state index contributed by atoms with van der Waals surface area (Å²) in [7, 11) is -2.21. The monoisotopic (exact) mass is 427 g/mol. The third-order valence-electron chi connectivity index (χ3n) is 5.66. The van der Waals surface area contributed by atoms with Gasteiger partial charge in [-0.3, -0.25) is 4.79 Å². The summed E-state index contributed by atoms with van der Waals surface area (Å²) in [6.07, 6.45) is 10.0. The molecule has 3 nitrogen and oxygen atoms in total. The number of alkyl halides is 3. The molecule has 25 heavy (non-hydrogen) atoms. The van der Waals surface area contributed by atoms with Crippen LogP contribution in [0, 0.1) is 11.8 Å².